The summed E-state index contributed by atoms with van der Waals surface area (Å²) in [7, 11) is -3.77. The van der Waals surface area contributed by atoms with Crippen LogP contribution in [0.3, 0.4) is 0 Å². The van der Waals surface area contributed by atoms with E-state index < -0.39 is 23.0 Å². The molecule has 0 unspecified atom stereocenters. The van der Waals surface area contributed by atoms with Crippen LogP contribution < -0.4 is 0 Å². The van der Waals surface area contributed by atoms with E-state index in [1.165, 1.54) is 11.0 Å². The van der Waals surface area contributed by atoms with E-state index in [0.29, 0.717) is 10.9 Å². The maximum absolute atomic E-state index is 12.6. The van der Waals surface area contributed by atoms with Crippen molar-refractivity contribution in [3.05, 3.63) is 29.8 Å². The molecule has 0 fully saturated rings. The molecule has 0 bridgehead atoms. The van der Waals surface area contributed by atoms with Crippen molar-refractivity contribution < 1.29 is 17.2 Å². The fraction of sp³-hybridized carbons (Fsp3) is 0.364. The lowest BCUT2D eigenvalue weighted by Gasteiger charge is -2.22. The van der Waals surface area contributed by atoms with E-state index in [4.69, 9.17) is 0 Å². The number of sulfonamides is 1. The van der Waals surface area contributed by atoms with Gasteiger partial charge in [-0.2, -0.15) is 8.42 Å². The minimum atomic E-state index is -3.77. The van der Waals surface area contributed by atoms with Gasteiger partial charge >= 0.3 is 0 Å². The van der Waals surface area contributed by atoms with E-state index in [-0.39, 0.29) is 17.3 Å². The standard InChI is InChI=1S/C11H11BrF2N2O2S/c12-5-6-16(7-10(13)14)11-8-3-1-2-4-9(8)19(17,18)15-11/h1-4,10H,5-7H2. The highest BCUT2D eigenvalue weighted by molar-refractivity contribution is 9.09. The number of halogens is 3. The molecule has 1 aliphatic rings. The van der Waals surface area contributed by atoms with Crippen LogP contribution in [-0.2, 0) is 10.0 Å². The summed E-state index contributed by atoms with van der Waals surface area (Å²) in [5, 5.41) is 0.445. The van der Waals surface area contributed by atoms with Crippen LogP contribution >= 0.6 is 15.9 Å². The van der Waals surface area contributed by atoms with Gasteiger partial charge in [0.1, 0.15) is 4.90 Å². The van der Waals surface area contributed by atoms with E-state index in [9.17, 15) is 17.2 Å². The van der Waals surface area contributed by atoms with Gasteiger partial charge in [-0.25, -0.2) is 8.78 Å². The molecule has 0 saturated carbocycles. The second-order valence-electron chi connectivity index (χ2n) is 3.91. The lowest BCUT2D eigenvalue weighted by Crippen LogP contribution is -2.36. The molecular formula is C11H11BrF2N2O2S. The number of alkyl halides is 3. The summed E-state index contributed by atoms with van der Waals surface area (Å²) in [5.74, 6) is 0.0929. The minimum Gasteiger partial charge on any atom is -0.349 e. The van der Waals surface area contributed by atoms with E-state index in [1.807, 2.05) is 0 Å². The van der Waals surface area contributed by atoms with Crippen LogP contribution in [0, 0.1) is 0 Å². The first kappa shape index (κ1) is 14.4. The van der Waals surface area contributed by atoms with Gasteiger partial charge in [-0.15, -0.1) is 4.40 Å². The molecule has 1 aromatic carbocycles. The van der Waals surface area contributed by atoms with E-state index >= 15 is 0 Å². The molecule has 0 amide bonds. The molecule has 0 aromatic heterocycles. The molecule has 0 N–H and O–H groups in total. The molecule has 1 aromatic rings. The van der Waals surface area contributed by atoms with E-state index in [1.54, 1.807) is 18.2 Å². The van der Waals surface area contributed by atoms with Gasteiger partial charge in [0.05, 0.1) is 6.54 Å². The average Bonchev–Trinajstić information content (AvgIpc) is 2.61. The Bertz CT molecular complexity index is 604. The summed E-state index contributed by atoms with van der Waals surface area (Å²) in [5.41, 5.74) is 0.379. The third-order valence-electron chi connectivity index (χ3n) is 2.62. The third kappa shape index (κ3) is 2.94. The quantitative estimate of drug-likeness (QED) is 0.779. The van der Waals surface area contributed by atoms with Crippen molar-refractivity contribution in [2.24, 2.45) is 4.40 Å². The number of amidine groups is 1. The van der Waals surface area contributed by atoms with Gasteiger partial charge in [0.15, 0.2) is 5.84 Å². The summed E-state index contributed by atoms with van der Waals surface area (Å²) < 4.78 is 52.4. The number of hydrogen-bond donors (Lipinski definition) is 0. The van der Waals surface area contributed by atoms with Gasteiger partial charge in [0.25, 0.3) is 16.4 Å². The Balaban J connectivity index is 2.44. The first-order valence-electron chi connectivity index (χ1n) is 5.49. The number of nitrogens with zero attached hydrogens (tertiary/aromatic N) is 2. The number of hydrogen-bond acceptors (Lipinski definition) is 3. The Labute approximate surface area is 118 Å². The van der Waals surface area contributed by atoms with Crippen LogP contribution in [0.5, 0.6) is 0 Å². The Kier molecular flexibility index (Phi) is 4.19. The Morgan fingerprint density at radius 2 is 2.00 bits per heavy atom. The van der Waals surface area contributed by atoms with Gasteiger partial charge in [-0.3, -0.25) is 0 Å². The van der Waals surface area contributed by atoms with E-state index in [2.05, 4.69) is 20.3 Å². The molecule has 8 heteroatoms. The fourth-order valence-corrected chi connectivity index (χ4v) is 3.52. The van der Waals surface area contributed by atoms with Gasteiger partial charge in [0, 0.05) is 17.4 Å². The lowest BCUT2D eigenvalue weighted by molar-refractivity contribution is 0.118. The molecule has 0 spiro atoms. The average molecular weight is 353 g/mol. The summed E-state index contributed by atoms with van der Waals surface area (Å²) in [6.07, 6.45) is -2.56. The monoisotopic (exact) mass is 352 g/mol. The zero-order valence-corrected chi connectivity index (χ0v) is 12.2. The van der Waals surface area contributed by atoms with Crippen molar-refractivity contribution in [2.75, 3.05) is 18.4 Å². The third-order valence-corrected chi connectivity index (χ3v) is 4.30. The summed E-state index contributed by atoms with van der Waals surface area (Å²) in [6.45, 7) is -0.290. The van der Waals surface area contributed by atoms with Crippen LogP contribution in [0.15, 0.2) is 33.6 Å². The molecule has 0 saturated heterocycles. The van der Waals surface area contributed by atoms with Crippen LogP contribution in [0.2, 0.25) is 0 Å². The Hall–Kier alpha value is -1.02. The normalized spacial score (nSPS) is 16.3. The molecule has 104 valence electrons. The number of fused-ring (bicyclic) bond motifs is 1. The number of benzene rings is 1. The highest BCUT2D eigenvalue weighted by Crippen LogP contribution is 2.27. The van der Waals surface area contributed by atoms with Crippen molar-refractivity contribution in [2.45, 2.75) is 11.3 Å². The van der Waals surface area contributed by atoms with Crippen molar-refractivity contribution >= 4 is 31.8 Å². The fourth-order valence-electron chi connectivity index (χ4n) is 1.87. The summed E-state index contributed by atoms with van der Waals surface area (Å²) in [6, 6.07) is 6.24. The van der Waals surface area contributed by atoms with Crippen molar-refractivity contribution in [1.82, 2.24) is 4.90 Å². The molecule has 19 heavy (non-hydrogen) atoms. The zero-order valence-electron chi connectivity index (χ0n) is 9.76. The second-order valence-corrected chi connectivity index (χ2v) is 6.28. The van der Waals surface area contributed by atoms with Crippen LogP contribution in [0.4, 0.5) is 8.78 Å². The summed E-state index contributed by atoms with van der Waals surface area (Å²) >= 11 is 3.16. The Morgan fingerprint density at radius 3 is 2.63 bits per heavy atom. The SMILES string of the molecule is O=S1(=O)N=C(N(CCBr)CC(F)F)c2ccccc21. The largest absolute Gasteiger partial charge is 0.349 e. The molecule has 4 nitrogen and oxygen atoms in total. The topological polar surface area (TPSA) is 49.7 Å². The van der Waals surface area contributed by atoms with E-state index in [0.717, 1.165) is 0 Å². The predicted molar refractivity (Wildman–Crippen MR) is 71.5 cm³/mol. The Morgan fingerprint density at radius 1 is 1.32 bits per heavy atom. The zero-order chi connectivity index (χ0) is 14.0. The molecule has 1 heterocycles. The second kappa shape index (κ2) is 5.54. The van der Waals surface area contributed by atoms with Gasteiger partial charge < -0.3 is 4.90 Å². The predicted octanol–water partition coefficient (Wildman–Crippen LogP) is 2.10. The molecule has 2 rings (SSSR count). The van der Waals surface area contributed by atoms with Gasteiger partial charge in [-0.05, 0) is 12.1 Å². The molecule has 0 radical (unpaired) electrons. The molecule has 0 atom stereocenters. The lowest BCUT2D eigenvalue weighted by atomic mass is 10.2. The van der Waals surface area contributed by atoms with Crippen LogP contribution in [0.25, 0.3) is 0 Å². The number of rotatable bonds is 4. The first-order chi connectivity index (χ1) is 8.95. The maximum atomic E-state index is 12.6. The van der Waals surface area contributed by atoms with Crippen LogP contribution in [0.1, 0.15) is 5.56 Å². The summed E-state index contributed by atoms with van der Waals surface area (Å²) in [4.78, 5) is 1.35. The minimum absolute atomic E-state index is 0.0684. The van der Waals surface area contributed by atoms with Crippen molar-refractivity contribution in [3.8, 4) is 0 Å². The van der Waals surface area contributed by atoms with Crippen LogP contribution in [-0.4, -0.2) is 44.0 Å². The maximum Gasteiger partial charge on any atom is 0.285 e. The smallest absolute Gasteiger partial charge is 0.285 e. The van der Waals surface area contributed by atoms with Crippen molar-refractivity contribution in [1.29, 1.82) is 0 Å². The molecular weight excluding hydrogens is 342 g/mol. The van der Waals surface area contributed by atoms with Gasteiger partial charge in [-0.1, -0.05) is 28.1 Å². The molecule has 1 aliphatic heterocycles. The van der Waals surface area contributed by atoms with Crippen molar-refractivity contribution in [3.63, 3.8) is 0 Å². The highest BCUT2D eigenvalue weighted by atomic mass is 79.9. The van der Waals surface area contributed by atoms with Gasteiger partial charge in [0.2, 0.25) is 0 Å². The molecule has 0 aliphatic carbocycles. The highest BCUT2D eigenvalue weighted by Gasteiger charge is 2.32. The first-order valence-corrected chi connectivity index (χ1v) is 8.05.